The van der Waals surface area contributed by atoms with Crippen molar-refractivity contribution < 1.29 is 37.4 Å². The third kappa shape index (κ3) is 6.93. The Morgan fingerprint density at radius 1 is 1.24 bits per heavy atom. The molecule has 0 unspecified atom stereocenters. The van der Waals surface area contributed by atoms with Gasteiger partial charge >= 0.3 is 13.7 Å². The van der Waals surface area contributed by atoms with Crippen LogP contribution in [0.3, 0.4) is 0 Å². The van der Waals surface area contributed by atoms with Gasteiger partial charge < -0.3 is 30.2 Å². The summed E-state index contributed by atoms with van der Waals surface area (Å²) in [4.78, 5) is 25.4. The molecule has 1 aliphatic rings. The molecule has 5 N–H and O–H groups in total. The number of rotatable bonds is 11. The predicted molar refractivity (Wildman–Crippen MR) is 170 cm³/mol. The molecule has 1 saturated heterocycles. The van der Waals surface area contributed by atoms with Crippen molar-refractivity contribution in [1.82, 2.24) is 24.6 Å². The summed E-state index contributed by atoms with van der Waals surface area (Å²) >= 11 is 0. The minimum atomic E-state index is -4.41. The number of anilines is 2. The molecule has 3 heterocycles. The van der Waals surface area contributed by atoms with E-state index in [1.54, 1.807) is 31.3 Å². The van der Waals surface area contributed by atoms with Gasteiger partial charge in [0.15, 0.2) is 28.9 Å². The van der Waals surface area contributed by atoms with Gasteiger partial charge in [-0.3, -0.25) is 13.9 Å². The summed E-state index contributed by atoms with van der Waals surface area (Å²) in [5.74, 6) is -0.214. The van der Waals surface area contributed by atoms with Crippen LogP contribution in [0, 0.1) is 5.41 Å². The van der Waals surface area contributed by atoms with Crippen LogP contribution < -0.4 is 20.7 Å². The number of carbonyl (C=O) groups excluding carboxylic acids is 1. The Kier molecular flexibility index (Phi) is 9.26. The number of aliphatic hydroxyl groups is 1. The molecular formula is C30H39FN7O7P. The van der Waals surface area contributed by atoms with E-state index in [1.807, 2.05) is 39.0 Å². The van der Waals surface area contributed by atoms with Crippen LogP contribution in [0.1, 0.15) is 40.8 Å². The monoisotopic (exact) mass is 659 g/mol. The van der Waals surface area contributed by atoms with Crippen LogP contribution in [0.25, 0.3) is 21.9 Å². The van der Waals surface area contributed by atoms with Crippen LogP contribution in [0.2, 0.25) is 0 Å². The van der Waals surface area contributed by atoms with E-state index in [1.165, 1.54) is 17.8 Å². The smallest absolute Gasteiger partial charge is 0.459 e. The third-order valence-corrected chi connectivity index (χ3v) is 9.00. The molecule has 0 saturated carbocycles. The number of nitrogens with two attached hydrogens (primary N) is 1. The van der Waals surface area contributed by atoms with E-state index in [-0.39, 0.29) is 29.4 Å². The van der Waals surface area contributed by atoms with Crippen LogP contribution >= 0.6 is 7.75 Å². The highest BCUT2D eigenvalue weighted by molar-refractivity contribution is 7.52. The number of aliphatic hydroxyl groups excluding tert-OH is 1. The topological polar surface area (TPSA) is 185 Å². The number of hydrogen-bond acceptors (Lipinski definition) is 12. The highest BCUT2D eigenvalue weighted by Gasteiger charge is 2.56. The number of carbonyl (C=O) groups is 1. The van der Waals surface area contributed by atoms with E-state index in [2.05, 4.69) is 25.4 Å². The van der Waals surface area contributed by atoms with Crippen LogP contribution in [-0.2, 0) is 23.4 Å². The minimum absolute atomic E-state index is 0.0784. The molecule has 0 aliphatic carbocycles. The van der Waals surface area contributed by atoms with Crippen molar-refractivity contribution in [3.63, 3.8) is 0 Å². The van der Waals surface area contributed by atoms with Gasteiger partial charge in [0.1, 0.15) is 24.0 Å². The van der Waals surface area contributed by atoms with Crippen molar-refractivity contribution in [3.05, 3.63) is 48.8 Å². The first-order valence-corrected chi connectivity index (χ1v) is 16.2. The van der Waals surface area contributed by atoms with Gasteiger partial charge in [0, 0.05) is 12.4 Å². The number of aromatic nitrogens is 4. The lowest BCUT2D eigenvalue weighted by Crippen LogP contribution is -2.41. The van der Waals surface area contributed by atoms with Gasteiger partial charge in [0.2, 0.25) is 5.95 Å². The summed E-state index contributed by atoms with van der Waals surface area (Å²) < 4.78 is 54.9. The molecule has 16 heteroatoms. The molecule has 0 radical (unpaired) electrons. The van der Waals surface area contributed by atoms with Crippen molar-refractivity contribution in [2.75, 3.05) is 31.3 Å². The number of nitrogens with zero attached hydrogens (tertiary/aromatic N) is 4. The lowest BCUT2D eigenvalue weighted by atomic mass is 9.98. The van der Waals surface area contributed by atoms with E-state index in [4.69, 9.17) is 24.3 Å². The van der Waals surface area contributed by atoms with Gasteiger partial charge in [0.25, 0.3) is 0 Å². The zero-order valence-electron chi connectivity index (χ0n) is 26.4. The Labute approximate surface area is 265 Å². The van der Waals surface area contributed by atoms with Gasteiger partial charge in [-0.2, -0.15) is 15.1 Å². The first-order chi connectivity index (χ1) is 21.6. The van der Waals surface area contributed by atoms with Crippen molar-refractivity contribution in [2.24, 2.45) is 5.41 Å². The third-order valence-electron chi connectivity index (χ3n) is 7.37. The molecule has 0 spiro atoms. The molecule has 1 aliphatic heterocycles. The van der Waals surface area contributed by atoms with Crippen LogP contribution in [0.4, 0.5) is 16.2 Å². The van der Waals surface area contributed by atoms with Crippen molar-refractivity contribution in [2.45, 2.75) is 64.8 Å². The Morgan fingerprint density at radius 2 is 1.96 bits per heavy atom. The first-order valence-electron chi connectivity index (χ1n) is 14.7. The molecule has 46 heavy (non-hydrogen) atoms. The molecular weight excluding hydrogens is 620 g/mol. The maximum atomic E-state index is 16.2. The van der Waals surface area contributed by atoms with Gasteiger partial charge in [-0.25, -0.2) is 13.9 Å². The molecule has 248 valence electrons. The number of nitrogens with one attached hydrogen (secondary N) is 2. The standard InChI is InChI=1S/C30H39FN7O7P/c1-17(26(40)42-15-29(2,3)4)37-46(41,45-20-13-9-11-18-10-7-8-12-19(18)20)43-14-21-23(39)30(5,31)27(44-21)38-16-34-22-24(33-6)35-28(32)36-25(22)38/h7-13,16-17,21,23,27,39H,14-15H2,1-6H3,(H,37,41)(H3,32,33,35,36)/t17-,21+,23+,27+,30+,46-/m0/s1. The number of halogens is 1. The normalized spacial score (nSPS) is 23.7. The number of hydrogen-bond donors (Lipinski definition) is 4. The second kappa shape index (κ2) is 12.7. The molecule has 2 aromatic heterocycles. The molecule has 1 fully saturated rings. The fourth-order valence-corrected chi connectivity index (χ4v) is 6.52. The molecule has 6 atom stereocenters. The van der Waals surface area contributed by atoms with Crippen molar-refractivity contribution in [3.8, 4) is 5.75 Å². The SMILES string of the molecule is CNc1nc(N)nc2c1ncn2[C@@H]1O[C@H](CO[P@@](=O)(N[C@@H](C)C(=O)OCC(C)(C)C)Oc2cccc3ccccc23)[C@@H](O)[C@@]1(C)F. The molecule has 4 aromatic rings. The number of esters is 1. The van der Waals surface area contributed by atoms with Crippen LogP contribution in [0.15, 0.2) is 48.8 Å². The van der Waals surface area contributed by atoms with Crippen molar-refractivity contribution >= 4 is 47.4 Å². The molecule has 14 nitrogen and oxygen atoms in total. The lowest BCUT2D eigenvalue weighted by molar-refractivity contribution is -0.148. The van der Waals surface area contributed by atoms with Gasteiger partial charge in [-0.1, -0.05) is 57.2 Å². The van der Waals surface area contributed by atoms with E-state index in [0.29, 0.717) is 16.7 Å². The quantitative estimate of drug-likeness (QED) is 0.132. The summed E-state index contributed by atoms with van der Waals surface area (Å²) in [6.07, 6.45) is -3.18. The summed E-state index contributed by atoms with van der Waals surface area (Å²) in [7, 11) is -2.78. The zero-order valence-corrected chi connectivity index (χ0v) is 27.3. The Bertz CT molecular complexity index is 1770. The second-order valence-electron chi connectivity index (χ2n) is 12.5. The molecule has 0 bridgehead atoms. The number of fused-ring (bicyclic) bond motifs is 2. The number of ether oxygens (including phenoxy) is 2. The van der Waals surface area contributed by atoms with E-state index in [9.17, 15) is 14.5 Å². The fourth-order valence-electron chi connectivity index (χ4n) is 5.00. The Morgan fingerprint density at radius 3 is 2.67 bits per heavy atom. The largest absolute Gasteiger partial charge is 0.464 e. The minimum Gasteiger partial charge on any atom is -0.464 e. The van der Waals surface area contributed by atoms with Crippen LogP contribution in [0.5, 0.6) is 5.75 Å². The highest BCUT2D eigenvalue weighted by Crippen LogP contribution is 2.49. The number of nitrogen functional groups attached to an aromatic ring is 1. The zero-order chi connectivity index (χ0) is 33.4. The summed E-state index contributed by atoms with van der Waals surface area (Å²) in [6.45, 7) is 7.88. The number of alkyl halides is 1. The predicted octanol–water partition coefficient (Wildman–Crippen LogP) is 4.36. The van der Waals surface area contributed by atoms with E-state index < -0.39 is 50.5 Å². The van der Waals surface area contributed by atoms with E-state index >= 15 is 4.39 Å². The summed E-state index contributed by atoms with van der Waals surface area (Å²) in [5.41, 5.74) is 3.67. The second-order valence-corrected chi connectivity index (χ2v) is 14.2. The van der Waals surface area contributed by atoms with Gasteiger partial charge in [-0.05, 0) is 30.7 Å². The number of benzene rings is 2. The molecule has 0 amide bonds. The van der Waals surface area contributed by atoms with Gasteiger partial charge in [-0.15, -0.1) is 0 Å². The summed E-state index contributed by atoms with van der Waals surface area (Å²) in [6, 6.07) is 11.3. The molecule has 2 aromatic carbocycles. The summed E-state index contributed by atoms with van der Waals surface area (Å²) in [5, 5.41) is 18.0. The maximum Gasteiger partial charge on any atom is 0.459 e. The van der Waals surface area contributed by atoms with E-state index in [0.717, 1.165) is 12.3 Å². The Balaban J connectivity index is 1.40. The van der Waals surface area contributed by atoms with Crippen molar-refractivity contribution in [1.29, 1.82) is 0 Å². The fraction of sp³-hybridized carbons (Fsp3) is 0.467. The average molecular weight is 660 g/mol. The van der Waals surface area contributed by atoms with Crippen LogP contribution in [-0.4, -0.2) is 74.8 Å². The first kappa shape index (κ1) is 33.5. The average Bonchev–Trinajstić information content (AvgIpc) is 3.51. The molecule has 5 rings (SSSR count). The van der Waals surface area contributed by atoms with Gasteiger partial charge in [0.05, 0.1) is 19.5 Å². The Hall–Kier alpha value is -3.88. The number of imidazole rings is 1. The maximum absolute atomic E-state index is 16.2. The lowest BCUT2D eigenvalue weighted by Gasteiger charge is -2.26. The highest BCUT2D eigenvalue weighted by atomic mass is 31.2.